The smallest absolute Gasteiger partial charge is 0.255 e. The Labute approximate surface area is 161 Å². The van der Waals surface area contributed by atoms with E-state index in [9.17, 15) is 9.18 Å². The van der Waals surface area contributed by atoms with E-state index in [2.05, 4.69) is 15.5 Å². The molecule has 0 saturated carbocycles. The highest BCUT2D eigenvalue weighted by molar-refractivity contribution is 6.06. The van der Waals surface area contributed by atoms with E-state index in [1.54, 1.807) is 18.2 Å². The van der Waals surface area contributed by atoms with Gasteiger partial charge in [-0.05, 0) is 74.4 Å². The number of anilines is 1. The standard InChI is InChI=1S/C22H19FN4O/c1-13-4-9-18(14(2)10-13)22(28)24-19-12-21-20(11-15(19)3)25-27(26-21)17-7-5-16(23)6-8-17/h4-12H,1-3H3,(H,24,28). The minimum absolute atomic E-state index is 0.161. The molecule has 0 fully saturated rings. The molecule has 1 heterocycles. The number of halogens is 1. The number of carbonyl (C=O) groups excluding carboxylic acids is 1. The van der Waals surface area contributed by atoms with Gasteiger partial charge >= 0.3 is 0 Å². The number of fused-ring (bicyclic) bond motifs is 1. The van der Waals surface area contributed by atoms with Crippen LogP contribution in [0.2, 0.25) is 0 Å². The van der Waals surface area contributed by atoms with Gasteiger partial charge in [0.15, 0.2) is 0 Å². The van der Waals surface area contributed by atoms with Crippen LogP contribution in [-0.4, -0.2) is 20.9 Å². The van der Waals surface area contributed by atoms with E-state index >= 15 is 0 Å². The lowest BCUT2D eigenvalue weighted by atomic mass is 10.0. The molecule has 0 unspecified atom stereocenters. The second-order valence-electron chi connectivity index (χ2n) is 6.89. The van der Waals surface area contributed by atoms with Gasteiger partial charge in [-0.15, -0.1) is 10.2 Å². The maximum Gasteiger partial charge on any atom is 0.255 e. The minimum atomic E-state index is -0.312. The minimum Gasteiger partial charge on any atom is -0.322 e. The van der Waals surface area contributed by atoms with Gasteiger partial charge in [-0.1, -0.05) is 17.7 Å². The number of carbonyl (C=O) groups is 1. The number of nitrogens with zero attached hydrogens (tertiary/aromatic N) is 3. The largest absolute Gasteiger partial charge is 0.322 e. The first-order chi connectivity index (χ1) is 13.4. The zero-order valence-corrected chi connectivity index (χ0v) is 15.8. The second-order valence-corrected chi connectivity index (χ2v) is 6.89. The van der Waals surface area contributed by atoms with Crippen LogP contribution in [0.15, 0.2) is 54.6 Å². The normalized spacial score (nSPS) is 11.0. The number of aryl methyl sites for hydroxylation is 3. The van der Waals surface area contributed by atoms with Crippen LogP contribution in [0.3, 0.4) is 0 Å². The summed E-state index contributed by atoms with van der Waals surface area (Å²) in [7, 11) is 0. The fourth-order valence-electron chi connectivity index (χ4n) is 3.15. The van der Waals surface area contributed by atoms with Crippen molar-refractivity contribution in [1.82, 2.24) is 15.0 Å². The first-order valence-corrected chi connectivity index (χ1v) is 8.93. The summed E-state index contributed by atoms with van der Waals surface area (Å²) in [5.41, 5.74) is 6.26. The molecule has 0 aliphatic rings. The Bertz CT molecular complexity index is 1200. The maximum absolute atomic E-state index is 13.1. The summed E-state index contributed by atoms with van der Waals surface area (Å²) in [6.07, 6.45) is 0. The predicted molar refractivity (Wildman–Crippen MR) is 107 cm³/mol. The summed E-state index contributed by atoms with van der Waals surface area (Å²) in [6, 6.07) is 15.4. The van der Waals surface area contributed by atoms with Crippen molar-refractivity contribution >= 4 is 22.6 Å². The maximum atomic E-state index is 13.1. The molecule has 0 spiro atoms. The fraction of sp³-hybridized carbons (Fsp3) is 0.136. The molecule has 1 aromatic heterocycles. The molecule has 4 aromatic rings. The molecule has 0 bridgehead atoms. The lowest BCUT2D eigenvalue weighted by Crippen LogP contribution is -2.14. The molecule has 1 amide bonds. The third kappa shape index (κ3) is 3.36. The van der Waals surface area contributed by atoms with Crippen LogP contribution in [0.5, 0.6) is 0 Å². The van der Waals surface area contributed by atoms with Gasteiger partial charge < -0.3 is 5.32 Å². The Hall–Kier alpha value is -3.54. The van der Waals surface area contributed by atoms with Crippen LogP contribution >= 0.6 is 0 Å². The van der Waals surface area contributed by atoms with Crippen LogP contribution in [0, 0.1) is 26.6 Å². The van der Waals surface area contributed by atoms with E-state index in [0.29, 0.717) is 28.0 Å². The van der Waals surface area contributed by atoms with Crippen molar-refractivity contribution in [2.75, 3.05) is 5.32 Å². The van der Waals surface area contributed by atoms with Crippen LogP contribution in [-0.2, 0) is 0 Å². The molecule has 3 aromatic carbocycles. The number of rotatable bonds is 3. The Kier molecular flexibility index (Phi) is 4.39. The van der Waals surface area contributed by atoms with Crippen LogP contribution in [0.4, 0.5) is 10.1 Å². The lowest BCUT2D eigenvalue weighted by Gasteiger charge is -2.10. The third-order valence-corrected chi connectivity index (χ3v) is 4.66. The molecule has 28 heavy (non-hydrogen) atoms. The molecule has 1 N–H and O–H groups in total. The zero-order chi connectivity index (χ0) is 19.8. The molecule has 5 nitrogen and oxygen atoms in total. The second kappa shape index (κ2) is 6.88. The van der Waals surface area contributed by atoms with Gasteiger partial charge in [0, 0.05) is 11.3 Å². The van der Waals surface area contributed by atoms with Gasteiger partial charge in [-0.2, -0.15) is 4.80 Å². The van der Waals surface area contributed by atoms with E-state index in [1.807, 2.05) is 45.0 Å². The molecular weight excluding hydrogens is 355 g/mol. The Morgan fingerprint density at radius 2 is 1.57 bits per heavy atom. The molecule has 0 saturated heterocycles. The van der Waals surface area contributed by atoms with Crippen molar-refractivity contribution in [2.24, 2.45) is 0 Å². The molecule has 140 valence electrons. The zero-order valence-electron chi connectivity index (χ0n) is 15.8. The number of nitrogens with one attached hydrogen (secondary N) is 1. The average molecular weight is 374 g/mol. The summed E-state index contributed by atoms with van der Waals surface area (Å²) in [4.78, 5) is 14.2. The first-order valence-electron chi connectivity index (χ1n) is 8.93. The van der Waals surface area contributed by atoms with E-state index in [0.717, 1.165) is 16.7 Å². The van der Waals surface area contributed by atoms with Crippen molar-refractivity contribution < 1.29 is 9.18 Å². The quantitative estimate of drug-likeness (QED) is 0.564. The van der Waals surface area contributed by atoms with Crippen LogP contribution in [0.25, 0.3) is 16.7 Å². The summed E-state index contributed by atoms with van der Waals surface area (Å²) in [5, 5.41) is 11.9. The first kappa shape index (κ1) is 17.9. The third-order valence-electron chi connectivity index (χ3n) is 4.66. The van der Waals surface area contributed by atoms with E-state index in [4.69, 9.17) is 0 Å². The number of amides is 1. The summed E-state index contributed by atoms with van der Waals surface area (Å²) in [6.45, 7) is 5.83. The molecule has 4 rings (SSSR count). The lowest BCUT2D eigenvalue weighted by molar-refractivity contribution is 0.102. The summed E-state index contributed by atoms with van der Waals surface area (Å²) < 4.78 is 13.1. The molecule has 0 aliphatic carbocycles. The van der Waals surface area contributed by atoms with Gasteiger partial charge in [0.1, 0.15) is 16.9 Å². The van der Waals surface area contributed by atoms with Crippen molar-refractivity contribution in [1.29, 1.82) is 0 Å². The molecule has 0 atom stereocenters. The van der Waals surface area contributed by atoms with E-state index in [-0.39, 0.29) is 11.7 Å². The average Bonchev–Trinajstić information content (AvgIpc) is 3.05. The number of hydrogen-bond donors (Lipinski definition) is 1. The highest BCUT2D eigenvalue weighted by atomic mass is 19.1. The number of aromatic nitrogens is 3. The van der Waals surface area contributed by atoms with E-state index in [1.165, 1.54) is 16.9 Å². The predicted octanol–water partition coefficient (Wildman–Crippen LogP) is 4.74. The fourth-order valence-corrected chi connectivity index (χ4v) is 3.15. The Morgan fingerprint density at radius 1 is 0.893 bits per heavy atom. The van der Waals surface area contributed by atoms with Gasteiger partial charge in [0.25, 0.3) is 5.91 Å². The van der Waals surface area contributed by atoms with Gasteiger partial charge in [0.05, 0.1) is 5.69 Å². The van der Waals surface area contributed by atoms with Crippen molar-refractivity contribution in [3.05, 3.63) is 82.7 Å². The Balaban J connectivity index is 1.67. The monoisotopic (exact) mass is 374 g/mol. The number of benzene rings is 3. The number of hydrogen-bond acceptors (Lipinski definition) is 3. The van der Waals surface area contributed by atoms with Crippen molar-refractivity contribution in [3.8, 4) is 5.69 Å². The molecule has 0 radical (unpaired) electrons. The Morgan fingerprint density at radius 3 is 2.25 bits per heavy atom. The topological polar surface area (TPSA) is 59.8 Å². The molecule has 0 aliphatic heterocycles. The van der Waals surface area contributed by atoms with E-state index < -0.39 is 0 Å². The highest BCUT2D eigenvalue weighted by Gasteiger charge is 2.13. The van der Waals surface area contributed by atoms with Crippen LogP contribution in [0.1, 0.15) is 27.0 Å². The summed E-state index contributed by atoms with van der Waals surface area (Å²) >= 11 is 0. The van der Waals surface area contributed by atoms with Crippen LogP contribution < -0.4 is 5.32 Å². The van der Waals surface area contributed by atoms with Gasteiger partial charge in [-0.3, -0.25) is 4.79 Å². The summed E-state index contributed by atoms with van der Waals surface area (Å²) in [5.74, 6) is -0.474. The van der Waals surface area contributed by atoms with Crippen molar-refractivity contribution in [3.63, 3.8) is 0 Å². The molecule has 6 heteroatoms. The molecular formula is C22H19FN4O. The SMILES string of the molecule is Cc1ccc(C(=O)Nc2cc3nn(-c4ccc(F)cc4)nc3cc2C)c(C)c1. The van der Waals surface area contributed by atoms with Gasteiger partial charge in [-0.25, -0.2) is 4.39 Å². The highest BCUT2D eigenvalue weighted by Crippen LogP contribution is 2.23. The van der Waals surface area contributed by atoms with Crippen molar-refractivity contribution in [2.45, 2.75) is 20.8 Å². The van der Waals surface area contributed by atoms with Gasteiger partial charge in [0.2, 0.25) is 0 Å².